The molecule has 2 N–H and O–H groups in total. The number of carboxylic acid groups (broad SMARTS) is 1. The molecule has 130 valence electrons. The predicted octanol–water partition coefficient (Wildman–Crippen LogP) is 4.45. The van der Waals surface area contributed by atoms with Crippen LogP contribution in [0.3, 0.4) is 0 Å². The highest BCUT2D eigenvalue weighted by Gasteiger charge is 2.29. The first-order chi connectivity index (χ1) is 11.7. The third kappa shape index (κ3) is 4.69. The Kier molecular flexibility index (Phi) is 5.26. The monoisotopic (exact) mass is 349 g/mol. The van der Waals surface area contributed by atoms with Crippen molar-refractivity contribution in [3.05, 3.63) is 71.3 Å². The Morgan fingerprint density at radius 3 is 2.20 bits per heavy atom. The maximum Gasteiger partial charge on any atom is 0.416 e. The SMILES string of the molecule is C/C(=C/C(=O)Nc1ccccc1C(=O)O)c1ccc(C(F)(F)F)cc1. The number of hydrogen-bond donors (Lipinski definition) is 2. The molecule has 1 amide bonds. The second-order valence-electron chi connectivity index (χ2n) is 5.24. The summed E-state index contributed by atoms with van der Waals surface area (Å²) in [5.41, 5.74) is 0.200. The lowest BCUT2D eigenvalue weighted by Crippen LogP contribution is -2.12. The molecule has 0 saturated heterocycles. The van der Waals surface area contributed by atoms with E-state index in [1.54, 1.807) is 13.0 Å². The lowest BCUT2D eigenvalue weighted by atomic mass is 10.0. The number of carboxylic acids is 1. The molecule has 2 aromatic rings. The maximum absolute atomic E-state index is 12.5. The highest BCUT2D eigenvalue weighted by Crippen LogP contribution is 2.30. The molecule has 0 aliphatic rings. The standard InChI is InChI=1S/C18H14F3NO3/c1-11(12-6-8-13(9-7-12)18(19,20)21)10-16(23)22-15-5-3-2-4-14(15)17(24)25/h2-10H,1H3,(H,22,23)(H,24,25)/b11-10-. The molecule has 0 atom stereocenters. The zero-order chi connectivity index (χ0) is 18.6. The van der Waals surface area contributed by atoms with Crippen molar-refractivity contribution in [2.45, 2.75) is 13.1 Å². The number of hydrogen-bond acceptors (Lipinski definition) is 2. The summed E-state index contributed by atoms with van der Waals surface area (Å²) in [5, 5.41) is 11.5. The van der Waals surface area contributed by atoms with Gasteiger partial charge in [0.1, 0.15) is 0 Å². The average Bonchev–Trinajstić information content (AvgIpc) is 2.54. The van der Waals surface area contributed by atoms with Gasteiger partial charge in [0.05, 0.1) is 16.8 Å². The summed E-state index contributed by atoms with van der Waals surface area (Å²) >= 11 is 0. The van der Waals surface area contributed by atoms with Crippen LogP contribution in [0.25, 0.3) is 5.57 Å². The first-order valence-corrected chi connectivity index (χ1v) is 7.17. The van der Waals surface area contributed by atoms with E-state index in [4.69, 9.17) is 5.11 Å². The molecule has 2 aromatic carbocycles. The van der Waals surface area contributed by atoms with Crippen LogP contribution < -0.4 is 5.32 Å². The smallest absolute Gasteiger partial charge is 0.416 e. The number of amides is 1. The molecule has 4 nitrogen and oxygen atoms in total. The van der Waals surface area contributed by atoms with Gasteiger partial charge in [0.15, 0.2) is 0 Å². The molecule has 25 heavy (non-hydrogen) atoms. The number of nitrogens with one attached hydrogen (secondary N) is 1. The lowest BCUT2D eigenvalue weighted by molar-refractivity contribution is -0.137. The summed E-state index contributed by atoms with van der Waals surface area (Å²) in [4.78, 5) is 23.1. The van der Waals surface area contributed by atoms with Crippen LogP contribution >= 0.6 is 0 Å². The molecule has 0 unspecified atom stereocenters. The second kappa shape index (κ2) is 7.21. The molecule has 0 aliphatic carbocycles. The normalized spacial score (nSPS) is 11.9. The molecule has 0 aromatic heterocycles. The summed E-state index contributed by atoms with van der Waals surface area (Å²) in [6.45, 7) is 1.57. The maximum atomic E-state index is 12.5. The molecule has 7 heteroatoms. The Bertz CT molecular complexity index is 824. The van der Waals surface area contributed by atoms with Crippen LogP contribution in [0.4, 0.5) is 18.9 Å². The summed E-state index contributed by atoms with van der Waals surface area (Å²) in [5.74, 6) is -1.76. The topological polar surface area (TPSA) is 66.4 Å². The molecule has 0 bridgehead atoms. The number of rotatable bonds is 4. The van der Waals surface area contributed by atoms with Gasteiger partial charge in [-0.25, -0.2) is 4.79 Å². The van der Waals surface area contributed by atoms with E-state index in [2.05, 4.69) is 5.32 Å². The zero-order valence-electron chi connectivity index (χ0n) is 13.1. The van der Waals surface area contributed by atoms with E-state index in [9.17, 15) is 22.8 Å². The molecule has 2 rings (SSSR count). The van der Waals surface area contributed by atoms with Gasteiger partial charge in [-0.05, 0) is 42.3 Å². The Balaban J connectivity index is 2.17. The molecule has 0 spiro atoms. The Morgan fingerprint density at radius 2 is 1.64 bits per heavy atom. The highest BCUT2D eigenvalue weighted by atomic mass is 19.4. The Hall–Kier alpha value is -3.09. The molecule has 0 saturated carbocycles. The summed E-state index contributed by atoms with van der Waals surface area (Å²) in [6, 6.07) is 10.3. The number of aromatic carboxylic acids is 1. The minimum absolute atomic E-state index is 0.0589. The molecular weight excluding hydrogens is 335 g/mol. The minimum Gasteiger partial charge on any atom is -0.478 e. The van der Waals surface area contributed by atoms with E-state index >= 15 is 0 Å². The van der Waals surface area contributed by atoms with Crippen molar-refractivity contribution in [2.75, 3.05) is 5.32 Å². The van der Waals surface area contributed by atoms with Gasteiger partial charge >= 0.3 is 12.1 Å². The van der Waals surface area contributed by atoms with E-state index in [0.29, 0.717) is 11.1 Å². The molecule has 0 aliphatic heterocycles. The molecular formula is C18H14F3NO3. The number of allylic oxidation sites excluding steroid dienone is 1. The van der Waals surface area contributed by atoms with Gasteiger partial charge < -0.3 is 10.4 Å². The number of halogens is 3. The van der Waals surface area contributed by atoms with E-state index in [0.717, 1.165) is 12.1 Å². The van der Waals surface area contributed by atoms with Crippen LogP contribution in [0.2, 0.25) is 0 Å². The summed E-state index contributed by atoms with van der Waals surface area (Å²) < 4.78 is 37.6. The van der Waals surface area contributed by atoms with Gasteiger partial charge in [-0.2, -0.15) is 13.2 Å². The number of alkyl halides is 3. The van der Waals surface area contributed by atoms with Crippen molar-refractivity contribution in [3.63, 3.8) is 0 Å². The van der Waals surface area contributed by atoms with Crippen molar-refractivity contribution in [1.29, 1.82) is 0 Å². The largest absolute Gasteiger partial charge is 0.478 e. The van der Waals surface area contributed by atoms with Crippen LogP contribution in [-0.2, 0) is 11.0 Å². The van der Waals surface area contributed by atoms with Gasteiger partial charge in [0.2, 0.25) is 5.91 Å². The van der Waals surface area contributed by atoms with Crippen LogP contribution in [-0.4, -0.2) is 17.0 Å². The lowest BCUT2D eigenvalue weighted by Gasteiger charge is -2.09. The zero-order valence-corrected chi connectivity index (χ0v) is 13.1. The average molecular weight is 349 g/mol. The van der Waals surface area contributed by atoms with E-state index in [1.807, 2.05) is 0 Å². The fraction of sp³-hybridized carbons (Fsp3) is 0.111. The quantitative estimate of drug-likeness (QED) is 0.802. The fourth-order valence-corrected chi connectivity index (χ4v) is 2.15. The van der Waals surface area contributed by atoms with E-state index in [1.165, 1.54) is 36.4 Å². The number of para-hydroxylation sites is 1. The third-order valence-electron chi connectivity index (χ3n) is 3.43. The van der Waals surface area contributed by atoms with Crippen LogP contribution in [0, 0.1) is 0 Å². The van der Waals surface area contributed by atoms with Crippen molar-refractivity contribution in [1.82, 2.24) is 0 Å². The van der Waals surface area contributed by atoms with Crippen molar-refractivity contribution < 1.29 is 27.9 Å². The summed E-state index contributed by atoms with van der Waals surface area (Å²) in [6.07, 6.45) is -3.23. The van der Waals surface area contributed by atoms with Crippen molar-refractivity contribution >= 4 is 23.1 Å². The van der Waals surface area contributed by atoms with Crippen molar-refractivity contribution in [3.8, 4) is 0 Å². The molecule has 0 radical (unpaired) electrons. The van der Waals surface area contributed by atoms with E-state index < -0.39 is 23.6 Å². The third-order valence-corrected chi connectivity index (χ3v) is 3.43. The fourth-order valence-electron chi connectivity index (χ4n) is 2.15. The van der Waals surface area contributed by atoms with Gasteiger partial charge in [-0.3, -0.25) is 4.79 Å². The van der Waals surface area contributed by atoms with Crippen LogP contribution in [0.15, 0.2) is 54.6 Å². The van der Waals surface area contributed by atoms with E-state index in [-0.39, 0.29) is 11.3 Å². The Labute approximate surface area is 141 Å². The molecule has 0 heterocycles. The van der Waals surface area contributed by atoms with Gasteiger partial charge in [0, 0.05) is 6.08 Å². The number of carbonyl (C=O) groups is 2. The van der Waals surface area contributed by atoms with Gasteiger partial charge in [-0.15, -0.1) is 0 Å². The van der Waals surface area contributed by atoms with Gasteiger partial charge in [-0.1, -0.05) is 24.3 Å². The molecule has 0 fully saturated rings. The first kappa shape index (κ1) is 18.3. The highest BCUT2D eigenvalue weighted by molar-refractivity contribution is 6.07. The predicted molar refractivity (Wildman–Crippen MR) is 87.1 cm³/mol. The second-order valence-corrected chi connectivity index (χ2v) is 5.24. The minimum atomic E-state index is -4.42. The number of benzene rings is 2. The van der Waals surface area contributed by atoms with Crippen LogP contribution in [0.5, 0.6) is 0 Å². The number of carbonyl (C=O) groups excluding carboxylic acids is 1. The summed E-state index contributed by atoms with van der Waals surface area (Å²) in [7, 11) is 0. The van der Waals surface area contributed by atoms with Crippen molar-refractivity contribution in [2.24, 2.45) is 0 Å². The Morgan fingerprint density at radius 1 is 1.04 bits per heavy atom. The van der Waals surface area contributed by atoms with Gasteiger partial charge in [0.25, 0.3) is 0 Å². The van der Waals surface area contributed by atoms with Crippen LogP contribution in [0.1, 0.15) is 28.4 Å². The first-order valence-electron chi connectivity index (χ1n) is 7.17. The number of anilines is 1.